The molecule has 0 heterocycles. The molecule has 0 saturated heterocycles. The Balaban J connectivity index is 2.05. The standard InChI is InChI=1S/C20H20N2O3/c1-15(14-24-2)25-20(23)17(13-21)12-16-8-10-19(11-9-16)22-18-6-4-3-5-7-18/h3-12,15,22H,14H2,1-2H3/b17-12+/t15-/m1/s1. The van der Waals surface area contributed by atoms with Crippen LogP contribution in [-0.2, 0) is 14.3 Å². The number of para-hydroxylation sites is 1. The van der Waals surface area contributed by atoms with Crippen molar-refractivity contribution in [2.75, 3.05) is 19.0 Å². The molecule has 1 atom stereocenters. The van der Waals surface area contributed by atoms with Gasteiger partial charge in [-0.05, 0) is 42.8 Å². The van der Waals surface area contributed by atoms with Crippen LogP contribution in [0.1, 0.15) is 12.5 Å². The van der Waals surface area contributed by atoms with Crippen LogP contribution in [0.4, 0.5) is 11.4 Å². The molecule has 0 unspecified atom stereocenters. The number of rotatable bonds is 7. The van der Waals surface area contributed by atoms with Gasteiger partial charge in [0.2, 0.25) is 0 Å². The number of benzene rings is 2. The molecule has 128 valence electrons. The Kier molecular flexibility index (Phi) is 6.76. The highest BCUT2D eigenvalue weighted by molar-refractivity contribution is 5.98. The summed E-state index contributed by atoms with van der Waals surface area (Å²) in [5.74, 6) is -0.654. The minimum absolute atomic E-state index is 0.0493. The minimum atomic E-state index is -0.654. The lowest BCUT2D eigenvalue weighted by atomic mass is 10.1. The van der Waals surface area contributed by atoms with Crippen molar-refractivity contribution in [3.8, 4) is 6.07 Å². The largest absolute Gasteiger partial charge is 0.456 e. The van der Waals surface area contributed by atoms with Crippen molar-refractivity contribution in [1.29, 1.82) is 5.26 Å². The van der Waals surface area contributed by atoms with E-state index in [0.717, 1.165) is 16.9 Å². The molecule has 0 amide bonds. The maximum atomic E-state index is 12.0. The van der Waals surface area contributed by atoms with E-state index in [-0.39, 0.29) is 12.2 Å². The van der Waals surface area contributed by atoms with Gasteiger partial charge in [-0.2, -0.15) is 5.26 Å². The number of carbonyl (C=O) groups is 1. The fraction of sp³-hybridized carbons (Fsp3) is 0.200. The molecule has 0 radical (unpaired) electrons. The molecule has 0 aromatic heterocycles. The maximum absolute atomic E-state index is 12.0. The normalized spacial score (nSPS) is 12.1. The number of nitriles is 1. The molecule has 0 saturated carbocycles. The first-order chi connectivity index (χ1) is 12.1. The summed E-state index contributed by atoms with van der Waals surface area (Å²) < 4.78 is 10.1. The SMILES string of the molecule is COC[C@@H](C)OC(=O)/C(C#N)=C/c1ccc(Nc2ccccc2)cc1. The van der Waals surface area contributed by atoms with Crippen LogP contribution >= 0.6 is 0 Å². The number of methoxy groups -OCH3 is 1. The van der Waals surface area contributed by atoms with Crippen molar-refractivity contribution in [3.63, 3.8) is 0 Å². The van der Waals surface area contributed by atoms with E-state index < -0.39 is 12.1 Å². The zero-order chi connectivity index (χ0) is 18.1. The lowest BCUT2D eigenvalue weighted by Gasteiger charge is -2.11. The Bertz CT molecular complexity index is 762. The molecule has 2 rings (SSSR count). The van der Waals surface area contributed by atoms with Gasteiger partial charge in [-0.3, -0.25) is 0 Å². The highest BCUT2D eigenvalue weighted by Crippen LogP contribution is 2.18. The van der Waals surface area contributed by atoms with Crippen molar-refractivity contribution < 1.29 is 14.3 Å². The van der Waals surface area contributed by atoms with Gasteiger partial charge in [-0.15, -0.1) is 0 Å². The quantitative estimate of drug-likeness (QED) is 0.471. The van der Waals surface area contributed by atoms with Crippen molar-refractivity contribution in [1.82, 2.24) is 0 Å². The van der Waals surface area contributed by atoms with Crippen LogP contribution in [0.25, 0.3) is 6.08 Å². The molecule has 5 heteroatoms. The molecule has 0 aliphatic rings. The number of esters is 1. The van der Waals surface area contributed by atoms with E-state index in [4.69, 9.17) is 9.47 Å². The van der Waals surface area contributed by atoms with Crippen LogP contribution in [-0.4, -0.2) is 25.8 Å². The van der Waals surface area contributed by atoms with Crippen molar-refractivity contribution in [2.24, 2.45) is 0 Å². The Morgan fingerprint density at radius 1 is 1.16 bits per heavy atom. The topological polar surface area (TPSA) is 71.3 Å². The Labute approximate surface area is 147 Å². The van der Waals surface area contributed by atoms with Crippen molar-refractivity contribution >= 4 is 23.4 Å². The number of anilines is 2. The van der Waals surface area contributed by atoms with E-state index in [1.165, 1.54) is 13.2 Å². The van der Waals surface area contributed by atoms with E-state index in [9.17, 15) is 10.1 Å². The highest BCUT2D eigenvalue weighted by atomic mass is 16.6. The van der Waals surface area contributed by atoms with Crippen LogP contribution in [0.5, 0.6) is 0 Å². The summed E-state index contributed by atoms with van der Waals surface area (Å²) in [5, 5.41) is 12.5. The molecule has 0 aliphatic carbocycles. The molecule has 0 bridgehead atoms. The average molecular weight is 336 g/mol. The first-order valence-corrected chi connectivity index (χ1v) is 7.86. The second kappa shape index (κ2) is 9.26. The van der Waals surface area contributed by atoms with Crippen LogP contribution < -0.4 is 5.32 Å². The summed E-state index contributed by atoms with van der Waals surface area (Å²) in [5.41, 5.74) is 2.59. The molecule has 25 heavy (non-hydrogen) atoms. The highest BCUT2D eigenvalue weighted by Gasteiger charge is 2.14. The number of hydrogen-bond acceptors (Lipinski definition) is 5. The summed E-state index contributed by atoms with van der Waals surface area (Å²) in [6.45, 7) is 1.99. The molecule has 2 aromatic carbocycles. The number of nitrogens with one attached hydrogen (secondary N) is 1. The van der Waals surface area contributed by atoms with Gasteiger partial charge in [0.15, 0.2) is 0 Å². The van der Waals surface area contributed by atoms with E-state index in [1.54, 1.807) is 6.92 Å². The minimum Gasteiger partial charge on any atom is -0.456 e. The van der Waals surface area contributed by atoms with Crippen molar-refractivity contribution in [3.05, 3.63) is 65.7 Å². The van der Waals surface area contributed by atoms with E-state index in [0.29, 0.717) is 0 Å². The molecule has 2 aromatic rings. The lowest BCUT2D eigenvalue weighted by Crippen LogP contribution is -2.20. The Morgan fingerprint density at radius 2 is 1.80 bits per heavy atom. The molecule has 0 spiro atoms. The second-order valence-corrected chi connectivity index (χ2v) is 5.45. The van der Waals surface area contributed by atoms with Crippen LogP contribution in [0.15, 0.2) is 60.2 Å². The number of carbonyl (C=O) groups excluding carboxylic acids is 1. The van der Waals surface area contributed by atoms with Gasteiger partial charge < -0.3 is 14.8 Å². The molecular weight excluding hydrogens is 316 g/mol. The molecule has 1 N–H and O–H groups in total. The summed E-state index contributed by atoms with van der Waals surface area (Å²) >= 11 is 0. The maximum Gasteiger partial charge on any atom is 0.349 e. The predicted octanol–water partition coefficient (Wildman–Crippen LogP) is 3.92. The first-order valence-electron chi connectivity index (χ1n) is 7.86. The lowest BCUT2D eigenvalue weighted by molar-refractivity contribution is -0.145. The van der Waals surface area contributed by atoms with Crippen LogP contribution in [0, 0.1) is 11.3 Å². The first kappa shape index (κ1) is 18.2. The second-order valence-electron chi connectivity index (χ2n) is 5.45. The average Bonchev–Trinajstić information content (AvgIpc) is 2.62. The van der Waals surface area contributed by atoms with Gasteiger partial charge in [-0.1, -0.05) is 30.3 Å². The van der Waals surface area contributed by atoms with Gasteiger partial charge in [0.05, 0.1) is 6.61 Å². The fourth-order valence-electron chi connectivity index (χ4n) is 2.17. The van der Waals surface area contributed by atoms with Crippen LogP contribution in [0.3, 0.4) is 0 Å². The third-order valence-electron chi connectivity index (χ3n) is 3.33. The van der Waals surface area contributed by atoms with Gasteiger partial charge >= 0.3 is 5.97 Å². The van der Waals surface area contributed by atoms with Gasteiger partial charge in [-0.25, -0.2) is 4.79 Å². The van der Waals surface area contributed by atoms with E-state index in [1.807, 2.05) is 60.7 Å². The Hall–Kier alpha value is -3.10. The summed E-state index contributed by atoms with van der Waals surface area (Å²) in [6, 6.07) is 19.1. The zero-order valence-electron chi connectivity index (χ0n) is 14.2. The summed E-state index contributed by atoms with van der Waals surface area (Å²) in [7, 11) is 1.52. The van der Waals surface area contributed by atoms with Crippen molar-refractivity contribution in [2.45, 2.75) is 13.0 Å². The summed E-state index contributed by atoms with van der Waals surface area (Å²) in [4.78, 5) is 12.0. The monoisotopic (exact) mass is 336 g/mol. The molecule has 5 nitrogen and oxygen atoms in total. The van der Waals surface area contributed by atoms with Crippen LogP contribution in [0.2, 0.25) is 0 Å². The molecular formula is C20H20N2O3. The number of nitrogens with zero attached hydrogens (tertiary/aromatic N) is 1. The molecule has 0 aliphatic heterocycles. The van der Waals surface area contributed by atoms with E-state index >= 15 is 0 Å². The Morgan fingerprint density at radius 3 is 2.40 bits per heavy atom. The third-order valence-corrected chi connectivity index (χ3v) is 3.33. The smallest absolute Gasteiger partial charge is 0.349 e. The predicted molar refractivity (Wildman–Crippen MR) is 97.2 cm³/mol. The fourth-order valence-corrected chi connectivity index (χ4v) is 2.17. The van der Waals surface area contributed by atoms with Gasteiger partial charge in [0, 0.05) is 18.5 Å². The van der Waals surface area contributed by atoms with Gasteiger partial charge in [0.25, 0.3) is 0 Å². The number of hydrogen-bond donors (Lipinski definition) is 1. The number of ether oxygens (including phenoxy) is 2. The zero-order valence-corrected chi connectivity index (χ0v) is 14.2. The molecule has 0 fully saturated rings. The summed E-state index contributed by atoms with van der Waals surface area (Å²) in [6.07, 6.45) is 1.10. The third kappa shape index (κ3) is 5.79. The van der Waals surface area contributed by atoms with Gasteiger partial charge in [0.1, 0.15) is 17.7 Å². The van der Waals surface area contributed by atoms with E-state index in [2.05, 4.69) is 5.32 Å².